The summed E-state index contributed by atoms with van der Waals surface area (Å²) in [5.74, 6) is 0.534. The molecular weight excluding hydrogens is 502 g/mol. The van der Waals surface area contributed by atoms with E-state index in [2.05, 4.69) is 41.9 Å². The lowest BCUT2D eigenvalue weighted by Crippen LogP contribution is -2.23. The van der Waals surface area contributed by atoms with Crippen LogP contribution in [0.3, 0.4) is 0 Å². The normalized spacial score (nSPS) is 12.4. The van der Waals surface area contributed by atoms with Gasteiger partial charge in [0.05, 0.1) is 17.1 Å². The number of carbonyl (C=O) groups excluding carboxylic acids is 1. The van der Waals surface area contributed by atoms with E-state index in [0.29, 0.717) is 28.0 Å². The van der Waals surface area contributed by atoms with Gasteiger partial charge in [0, 0.05) is 27.4 Å². The molecule has 8 heteroatoms. The van der Waals surface area contributed by atoms with Gasteiger partial charge < -0.3 is 4.74 Å². The zero-order chi connectivity index (χ0) is 21.1. The number of hydrogen-bond donors (Lipinski definition) is 0. The molecule has 0 N–H and O–H groups in total. The monoisotopic (exact) mass is 519 g/mol. The lowest BCUT2D eigenvalue weighted by Gasteiger charge is -2.14. The minimum Gasteiger partial charge on any atom is -0.426 e. The highest BCUT2D eigenvalue weighted by atomic mass is 79.9. The number of ether oxygens (including phenoxy) is 1. The van der Waals surface area contributed by atoms with Crippen molar-refractivity contribution in [2.45, 2.75) is 33.1 Å². The molecule has 6 nitrogen and oxygen atoms in total. The number of halogens is 2. The van der Waals surface area contributed by atoms with Crippen LogP contribution < -0.4 is 10.3 Å². The summed E-state index contributed by atoms with van der Waals surface area (Å²) in [6.07, 6.45) is 2.31. The van der Waals surface area contributed by atoms with Crippen LogP contribution in [-0.4, -0.2) is 21.8 Å². The molecule has 2 aromatic carbocycles. The molecule has 1 heterocycles. The molecule has 0 saturated heterocycles. The van der Waals surface area contributed by atoms with E-state index in [4.69, 9.17) is 4.74 Å². The summed E-state index contributed by atoms with van der Waals surface area (Å²) in [5.41, 5.74) is 0.931. The molecule has 0 amide bonds. The molecule has 0 radical (unpaired) electrons. The van der Waals surface area contributed by atoms with Gasteiger partial charge in [0.25, 0.3) is 5.56 Å². The molecule has 0 aliphatic rings. The summed E-state index contributed by atoms with van der Waals surface area (Å²) in [5, 5.41) is 4.89. The first kappa shape index (κ1) is 21.4. The molecule has 0 fully saturated rings. The molecule has 29 heavy (non-hydrogen) atoms. The van der Waals surface area contributed by atoms with Crippen molar-refractivity contribution in [2.24, 2.45) is 5.10 Å². The number of rotatable bonds is 5. The second kappa shape index (κ2) is 9.00. The molecule has 1 aromatic heterocycles. The Morgan fingerprint density at radius 2 is 1.93 bits per heavy atom. The van der Waals surface area contributed by atoms with Crippen molar-refractivity contribution in [3.63, 3.8) is 0 Å². The van der Waals surface area contributed by atoms with Crippen molar-refractivity contribution in [3.05, 3.63) is 67.1 Å². The summed E-state index contributed by atoms with van der Waals surface area (Å²) < 4.78 is 8.15. The highest BCUT2D eigenvalue weighted by molar-refractivity contribution is 9.10. The van der Waals surface area contributed by atoms with E-state index in [0.717, 1.165) is 15.4 Å². The van der Waals surface area contributed by atoms with E-state index in [9.17, 15) is 9.59 Å². The summed E-state index contributed by atoms with van der Waals surface area (Å²) in [6, 6.07) is 10.6. The fourth-order valence-corrected chi connectivity index (χ4v) is 3.51. The van der Waals surface area contributed by atoms with Gasteiger partial charge in [-0.05, 0) is 42.8 Å². The Morgan fingerprint density at radius 1 is 1.24 bits per heavy atom. The predicted molar refractivity (Wildman–Crippen MR) is 121 cm³/mol. The van der Waals surface area contributed by atoms with Gasteiger partial charge in [0.15, 0.2) is 0 Å². The van der Waals surface area contributed by atoms with Gasteiger partial charge in [-0.2, -0.15) is 9.78 Å². The zero-order valence-corrected chi connectivity index (χ0v) is 19.3. The van der Waals surface area contributed by atoms with Crippen LogP contribution in [-0.2, 0) is 4.79 Å². The SMILES string of the molecule is CC[C@H](C)c1nc2ccc(Br)cc2c(=O)n1N=Cc1cc(Br)ccc1OC(C)=O. The molecule has 0 saturated carbocycles. The Morgan fingerprint density at radius 3 is 2.62 bits per heavy atom. The van der Waals surface area contributed by atoms with E-state index in [-0.39, 0.29) is 11.5 Å². The van der Waals surface area contributed by atoms with Crippen molar-refractivity contribution in [1.82, 2.24) is 9.66 Å². The summed E-state index contributed by atoms with van der Waals surface area (Å²) in [7, 11) is 0. The minimum atomic E-state index is -0.434. The van der Waals surface area contributed by atoms with E-state index in [1.54, 1.807) is 24.3 Å². The van der Waals surface area contributed by atoms with Crippen LogP contribution in [0.1, 0.15) is 44.5 Å². The van der Waals surface area contributed by atoms with E-state index >= 15 is 0 Å². The molecular formula is C21H19Br2N3O3. The summed E-state index contributed by atoms with van der Waals surface area (Å²) >= 11 is 6.80. The molecule has 0 bridgehead atoms. The summed E-state index contributed by atoms with van der Waals surface area (Å²) in [6.45, 7) is 5.37. The number of nitrogens with zero attached hydrogens (tertiary/aromatic N) is 3. The largest absolute Gasteiger partial charge is 0.426 e. The maximum atomic E-state index is 13.2. The van der Waals surface area contributed by atoms with Gasteiger partial charge in [-0.3, -0.25) is 9.59 Å². The topological polar surface area (TPSA) is 73.6 Å². The summed E-state index contributed by atoms with van der Waals surface area (Å²) in [4.78, 5) is 29.2. The third kappa shape index (κ3) is 4.82. The first-order valence-electron chi connectivity index (χ1n) is 9.04. The minimum absolute atomic E-state index is 0.0309. The highest BCUT2D eigenvalue weighted by Crippen LogP contribution is 2.23. The van der Waals surface area contributed by atoms with Crippen LogP contribution in [0.15, 0.2) is 55.2 Å². The van der Waals surface area contributed by atoms with Crippen LogP contribution in [0.4, 0.5) is 0 Å². The average molecular weight is 521 g/mol. The van der Waals surface area contributed by atoms with Crippen LogP contribution in [0.5, 0.6) is 5.75 Å². The Bertz CT molecular complexity index is 1170. The molecule has 150 valence electrons. The van der Waals surface area contributed by atoms with Gasteiger partial charge in [0.1, 0.15) is 11.6 Å². The predicted octanol–water partition coefficient (Wildman–Crippen LogP) is 5.24. The third-order valence-corrected chi connectivity index (χ3v) is 5.41. The van der Waals surface area contributed by atoms with Crippen molar-refractivity contribution in [1.29, 1.82) is 0 Å². The number of hydrogen-bond acceptors (Lipinski definition) is 5. The maximum Gasteiger partial charge on any atom is 0.308 e. The average Bonchev–Trinajstić information content (AvgIpc) is 2.68. The second-order valence-corrected chi connectivity index (χ2v) is 8.41. The molecule has 3 rings (SSSR count). The number of fused-ring (bicyclic) bond motifs is 1. The van der Waals surface area contributed by atoms with Crippen LogP contribution >= 0.6 is 31.9 Å². The molecule has 3 aromatic rings. The third-order valence-electron chi connectivity index (χ3n) is 4.42. The fourth-order valence-electron chi connectivity index (χ4n) is 2.77. The van der Waals surface area contributed by atoms with E-state index < -0.39 is 5.97 Å². The lowest BCUT2D eigenvalue weighted by molar-refractivity contribution is -0.131. The van der Waals surface area contributed by atoms with Gasteiger partial charge in [-0.25, -0.2) is 4.98 Å². The highest BCUT2D eigenvalue weighted by Gasteiger charge is 2.16. The molecule has 0 aliphatic heterocycles. The molecule has 1 atom stereocenters. The molecule has 0 aliphatic carbocycles. The Labute approximate surface area is 184 Å². The Kier molecular flexibility index (Phi) is 6.64. The first-order chi connectivity index (χ1) is 13.8. The van der Waals surface area contributed by atoms with Gasteiger partial charge >= 0.3 is 5.97 Å². The first-order valence-corrected chi connectivity index (χ1v) is 10.6. The second-order valence-electron chi connectivity index (χ2n) is 6.58. The standard InChI is InChI=1S/C21H19Br2N3O3/c1-4-12(2)20-25-18-7-5-16(23)10-17(18)21(28)26(20)24-11-14-9-15(22)6-8-19(14)29-13(3)27/h5-12H,4H2,1-3H3/t12-/m0/s1. The van der Waals surface area contributed by atoms with Gasteiger partial charge in [-0.15, -0.1) is 0 Å². The number of benzene rings is 2. The number of esters is 1. The maximum absolute atomic E-state index is 13.2. The lowest BCUT2D eigenvalue weighted by atomic mass is 10.1. The van der Waals surface area contributed by atoms with Gasteiger partial charge in [-0.1, -0.05) is 45.7 Å². The number of carbonyl (C=O) groups is 1. The van der Waals surface area contributed by atoms with Gasteiger partial charge in [0.2, 0.25) is 0 Å². The number of aromatic nitrogens is 2. The Hall–Kier alpha value is -2.32. The fraction of sp³-hybridized carbons (Fsp3) is 0.238. The van der Waals surface area contributed by atoms with E-state index in [1.165, 1.54) is 17.8 Å². The van der Waals surface area contributed by atoms with Crippen LogP contribution in [0.2, 0.25) is 0 Å². The molecule has 0 unspecified atom stereocenters. The Balaban J connectivity index is 2.19. The van der Waals surface area contributed by atoms with Crippen LogP contribution in [0.25, 0.3) is 10.9 Å². The quantitative estimate of drug-likeness (QED) is 0.262. The van der Waals surface area contributed by atoms with Crippen LogP contribution in [0, 0.1) is 0 Å². The smallest absolute Gasteiger partial charge is 0.308 e. The van der Waals surface area contributed by atoms with Crippen molar-refractivity contribution < 1.29 is 9.53 Å². The van der Waals surface area contributed by atoms with E-state index in [1.807, 2.05) is 26.0 Å². The van der Waals surface area contributed by atoms with Crippen molar-refractivity contribution in [3.8, 4) is 5.75 Å². The van der Waals surface area contributed by atoms with Crippen molar-refractivity contribution >= 4 is 54.9 Å². The zero-order valence-electron chi connectivity index (χ0n) is 16.1. The van der Waals surface area contributed by atoms with Crippen molar-refractivity contribution in [2.75, 3.05) is 0 Å². The molecule has 0 spiro atoms.